The fourth-order valence-corrected chi connectivity index (χ4v) is 1.33. The molecule has 0 aliphatic carbocycles. The molecule has 0 aliphatic heterocycles. The Hall–Kier alpha value is -0.260. The highest BCUT2D eigenvalue weighted by Crippen LogP contribution is 2.11. The molecule has 0 nitrogen and oxygen atoms in total. The Kier molecular flexibility index (Phi) is 9.63. The van der Waals surface area contributed by atoms with Crippen LogP contribution < -0.4 is 0 Å². The Labute approximate surface area is 84.4 Å². The molecule has 2 radical (unpaired) electrons. The summed E-state index contributed by atoms with van der Waals surface area (Å²) < 4.78 is 0. The van der Waals surface area contributed by atoms with E-state index < -0.39 is 0 Å². The molecule has 0 heteroatoms. The maximum atomic E-state index is 3.84. The van der Waals surface area contributed by atoms with Gasteiger partial charge in [0.2, 0.25) is 0 Å². The topological polar surface area (TPSA) is 0 Å². The minimum absolute atomic E-state index is 0.747. The van der Waals surface area contributed by atoms with Crippen LogP contribution in [0.15, 0.2) is 12.2 Å². The van der Waals surface area contributed by atoms with E-state index in [-0.39, 0.29) is 0 Å². The fraction of sp³-hybridized carbons (Fsp3) is 0.692. The minimum atomic E-state index is 0.747. The predicted molar refractivity (Wildman–Crippen MR) is 61.3 cm³/mol. The lowest BCUT2D eigenvalue weighted by molar-refractivity contribution is 0.582. The van der Waals surface area contributed by atoms with E-state index in [4.69, 9.17) is 0 Å². The van der Waals surface area contributed by atoms with E-state index in [1.165, 1.54) is 32.1 Å². The second-order valence-corrected chi connectivity index (χ2v) is 3.75. The minimum Gasteiger partial charge on any atom is -0.0883 e. The molecule has 0 aromatic heterocycles. The molecule has 0 fully saturated rings. The van der Waals surface area contributed by atoms with Crippen LogP contribution in [0.3, 0.4) is 0 Å². The number of unbranched alkanes of at least 4 members (excludes halogenated alkanes) is 4. The Bertz CT molecular complexity index is 113. The number of rotatable bonds is 8. The van der Waals surface area contributed by atoms with Gasteiger partial charge in [-0.15, -0.1) is 0 Å². The van der Waals surface area contributed by atoms with Gasteiger partial charge >= 0.3 is 0 Å². The van der Waals surface area contributed by atoms with Crippen molar-refractivity contribution in [3.63, 3.8) is 0 Å². The van der Waals surface area contributed by atoms with Crippen molar-refractivity contribution in [2.75, 3.05) is 0 Å². The zero-order valence-corrected chi connectivity index (χ0v) is 9.10. The van der Waals surface area contributed by atoms with Gasteiger partial charge in [-0.1, -0.05) is 58.6 Å². The average Bonchev–Trinajstić information content (AvgIpc) is 2.13. The summed E-state index contributed by atoms with van der Waals surface area (Å²) in [7, 11) is 0. The molecule has 0 N–H and O–H groups in total. The van der Waals surface area contributed by atoms with Gasteiger partial charge in [0, 0.05) is 0 Å². The van der Waals surface area contributed by atoms with Gasteiger partial charge in [0.1, 0.15) is 0 Å². The van der Waals surface area contributed by atoms with Gasteiger partial charge in [-0.2, -0.15) is 0 Å². The third kappa shape index (κ3) is 9.66. The summed E-state index contributed by atoms with van der Waals surface area (Å²) in [5, 5.41) is 0. The highest BCUT2D eigenvalue weighted by atomic mass is 14.0. The molecule has 0 aliphatic rings. The van der Waals surface area contributed by atoms with Crippen LogP contribution in [0.25, 0.3) is 0 Å². The molecule has 1 unspecified atom stereocenters. The summed E-state index contributed by atoms with van der Waals surface area (Å²) in [5.41, 5.74) is 0. The second kappa shape index (κ2) is 9.83. The maximum Gasteiger partial charge on any atom is -0.0262 e. The molecule has 0 heterocycles. The average molecular weight is 180 g/mol. The van der Waals surface area contributed by atoms with Crippen LogP contribution in [0.1, 0.15) is 51.9 Å². The molecule has 0 saturated heterocycles. The van der Waals surface area contributed by atoms with Crippen LogP contribution in [0, 0.1) is 19.8 Å². The fourth-order valence-electron chi connectivity index (χ4n) is 1.33. The Morgan fingerprint density at radius 3 is 2.38 bits per heavy atom. The molecule has 13 heavy (non-hydrogen) atoms. The first kappa shape index (κ1) is 12.7. The molecule has 0 rings (SSSR count). The van der Waals surface area contributed by atoms with E-state index in [0.29, 0.717) is 0 Å². The molecular formula is C13H24. The van der Waals surface area contributed by atoms with Gasteiger partial charge < -0.3 is 0 Å². The summed E-state index contributed by atoms with van der Waals surface area (Å²) in [4.78, 5) is 0. The third-order valence-corrected chi connectivity index (χ3v) is 2.24. The number of allylic oxidation sites excluding steroid dienone is 2. The Morgan fingerprint density at radius 2 is 1.77 bits per heavy atom. The van der Waals surface area contributed by atoms with Crippen LogP contribution in [-0.2, 0) is 0 Å². The van der Waals surface area contributed by atoms with Crippen LogP contribution in [0.4, 0.5) is 0 Å². The Balaban J connectivity index is 3.27. The predicted octanol–water partition coefficient (Wildman–Crippen LogP) is 4.58. The lowest BCUT2D eigenvalue weighted by Crippen LogP contribution is -1.89. The zero-order chi connectivity index (χ0) is 9.94. The van der Waals surface area contributed by atoms with Gasteiger partial charge in [-0.05, 0) is 25.2 Å². The lowest BCUT2D eigenvalue weighted by Gasteiger charge is -2.04. The zero-order valence-electron chi connectivity index (χ0n) is 9.10. The highest BCUT2D eigenvalue weighted by molar-refractivity contribution is 4.86. The summed E-state index contributed by atoms with van der Waals surface area (Å²) in [6, 6.07) is 0. The molecule has 0 amide bonds. The third-order valence-electron chi connectivity index (χ3n) is 2.24. The van der Waals surface area contributed by atoms with Crippen molar-refractivity contribution in [1.29, 1.82) is 0 Å². The summed E-state index contributed by atoms with van der Waals surface area (Å²) in [6.07, 6.45) is 13.1. The molecule has 0 aromatic carbocycles. The van der Waals surface area contributed by atoms with Gasteiger partial charge in [0.05, 0.1) is 0 Å². The summed E-state index contributed by atoms with van der Waals surface area (Å²) in [5.74, 6) is 0.747. The SMILES string of the molecule is [CH2]CCC/C=C/C(C)CCCC[CH2]. The van der Waals surface area contributed by atoms with E-state index in [1.807, 2.05) is 0 Å². The lowest BCUT2D eigenvalue weighted by atomic mass is 10.0. The van der Waals surface area contributed by atoms with E-state index in [2.05, 4.69) is 32.9 Å². The van der Waals surface area contributed by atoms with Crippen LogP contribution in [-0.4, -0.2) is 0 Å². The smallest absolute Gasteiger partial charge is 0.0262 e. The standard InChI is InChI=1S/C13H24/c1-4-6-8-10-12-13(3)11-9-7-5-2/h10,12-13H,1-2,4-9,11H2,3H3/b12-10+. The molecule has 0 spiro atoms. The maximum absolute atomic E-state index is 3.84. The van der Waals surface area contributed by atoms with Crippen molar-refractivity contribution in [2.24, 2.45) is 5.92 Å². The van der Waals surface area contributed by atoms with E-state index >= 15 is 0 Å². The first-order chi connectivity index (χ1) is 6.31. The monoisotopic (exact) mass is 180 g/mol. The van der Waals surface area contributed by atoms with Crippen molar-refractivity contribution < 1.29 is 0 Å². The van der Waals surface area contributed by atoms with Crippen LogP contribution in [0.5, 0.6) is 0 Å². The van der Waals surface area contributed by atoms with Crippen LogP contribution in [0.2, 0.25) is 0 Å². The van der Waals surface area contributed by atoms with Crippen molar-refractivity contribution >= 4 is 0 Å². The number of hydrogen-bond donors (Lipinski definition) is 0. The first-order valence-electron chi connectivity index (χ1n) is 5.56. The second-order valence-electron chi connectivity index (χ2n) is 3.75. The molecule has 0 saturated carbocycles. The summed E-state index contributed by atoms with van der Waals surface area (Å²) >= 11 is 0. The first-order valence-corrected chi connectivity index (χ1v) is 5.56. The largest absolute Gasteiger partial charge is 0.0883 e. The van der Waals surface area contributed by atoms with Crippen molar-refractivity contribution in [2.45, 2.75) is 51.9 Å². The molecular weight excluding hydrogens is 156 g/mol. The molecule has 1 atom stereocenters. The van der Waals surface area contributed by atoms with Crippen molar-refractivity contribution in [3.05, 3.63) is 26.0 Å². The van der Waals surface area contributed by atoms with Gasteiger partial charge in [0.15, 0.2) is 0 Å². The van der Waals surface area contributed by atoms with E-state index in [0.717, 1.165) is 18.8 Å². The Morgan fingerprint density at radius 1 is 1.08 bits per heavy atom. The molecule has 0 aromatic rings. The van der Waals surface area contributed by atoms with Gasteiger partial charge in [-0.25, -0.2) is 0 Å². The normalized spacial score (nSPS) is 13.8. The number of hydrogen-bond acceptors (Lipinski definition) is 0. The molecule has 76 valence electrons. The van der Waals surface area contributed by atoms with E-state index in [1.54, 1.807) is 0 Å². The van der Waals surface area contributed by atoms with Crippen LogP contribution >= 0.6 is 0 Å². The van der Waals surface area contributed by atoms with Gasteiger partial charge in [-0.3, -0.25) is 0 Å². The van der Waals surface area contributed by atoms with Crippen molar-refractivity contribution in [3.8, 4) is 0 Å². The van der Waals surface area contributed by atoms with Crippen molar-refractivity contribution in [1.82, 2.24) is 0 Å². The van der Waals surface area contributed by atoms with Gasteiger partial charge in [0.25, 0.3) is 0 Å². The quantitative estimate of drug-likeness (QED) is 0.379. The molecule has 0 bridgehead atoms. The highest BCUT2D eigenvalue weighted by Gasteiger charge is 1.95. The summed E-state index contributed by atoms with van der Waals surface area (Å²) in [6.45, 7) is 9.96. The van der Waals surface area contributed by atoms with E-state index in [9.17, 15) is 0 Å².